The standard InChI is InChI=1S/C21H21FO5/c1-4-11-26-17-6-8-18(9-7-17)27-13-15-12-16(22)5-10-19(15)20(21(23)24)14(2)25-3/h4-10,12H,1,11,13H2,2-3H3,(H,23,24). The second-order valence-corrected chi connectivity index (χ2v) is 5.60. The molecule has 0 atom stereocenters. The zero-order chi connectivity index (χ0) is 19.8. The Labute approximate surface area is 157 Å². The van der Waals surface area contributed by atoms with Gasteiger partial charge in [-0.2, -0.15) is 0 Å². The average molecular weight is 372 g/mol. The van der Waals surface area contributed by atoms with Gasteiger partial charge in [0.25, 0.3) is 0 Å². The Kier molecular flexibility index (Phi) is 7.00. The van der Waals surface area contributed by atoms with Gasteiger partial charge >= 0.3 is 5.97 Å². The number of hydrogen-bond donors (Lipinski definition) is 1. The lowest BCUT2D eigenvalue weighted by atomic mass is 9.99. The van der Waals surface area contributed by atoms with E-state index < -0.39 is 11.8 Å². The largest absolute Gasteiger partial charge is 0.500 e. The van der Waals surface area contributed by atoms with Crippen LogP contribution >= 0.6 is 0 Å². The van der Waals surface area contributed by atoms with E-state index in [1.54, 1.807) is 37.3 Å². The fraction of sp³-hybridized carbons (Fsp3) is 0.190. The molecule has 0 aromatic heterocycles. The zero-order valence-electron chi connectivity index (χ0n) is 15.2. The summed E-state index contributed by atoms with van der Waals surface area (Å²) in [6, 6.07) is 10.8. The second kappa shape index (κ2) is 9.43. The molecule has 0 aliphatic heterocycles. The fourth-order valence-electron chi connectivity index (χ4n) is 2.43. The number of carbonyl (C=O) groups is 1. The number of benzene rings is 2. The summed E-state index contributed by atoms with van der Waals surface area (Å²) in [6.07, 6.45) is 1.64. The summed E-state index contributed by atoms with van der Waals surface area (Å²) >= 11 is 0. The maximum Gasteiger partial charge on any atom is 0.339 e. The molecule has 0 aliphatic rings. The molecule has 0 amide bonds. The smallest absolute Gasteiger partial charge is 0.339 e. The summed E-state index contributed by atoms with van der Waals surface area (Å²) in [5.74, 6) is -0.212. The Hall–Kier alpha value is -3.28. The maximum absolute atomic E-state index is 13.7. The molecule has 1 N–H and O–H groups in total. The van der Waals surface area contributed by atoms with Crippen LogP contribution in [0.3, 0.4) is 0 Å². The Bertz CT molecular complexity index is 840. The van der Waals surface area contributed by atoms with Gasteiger partial charge in [-0.25, -0.2) is 9.18 Å². The van der Waals surface area contributed by atoms with Crippen LogP contribution in [0.15, 0.2) is 60.9 Å². The highest BCUT2D eigenvalue weighted by Gasteiger charge is 2.19. The van der Waals surface area contributed by atoms with Gasteiger partial charge in [-0.15, -0.1) is 0 Å². The van der Waals surface area contributed by atoms with Crippen molar-refractivity contribution in [2.45, 2.75) is 13.5 Å². The number of halogens is 1. The van der Waals surface area contributed by atoms with Crippen LogP contribution in [0.25, 0.3) is 5.57 Å². The van der Waals surface area contributed by atoms with E-state index in [9.17, 15) is 14.3 Å². The van der Waals surface area contributed by atoms with Crippen LogP contribution in [0.5, 0.6) is 11.5 Å². The predicted molar refractivity (Wildman–Crippen MR) is 100 cm³/mol. The van der Waals surface area contributed by atoms with E-state index in [1.807, 2.05) is 0 Å². The normalized spacial score (nSPS) is 11.4. The van der Waals surface area contributed by atoms with E-state index in [1.165, 1.54) is 25.3 Å². The summed E-state index contributed by atoms with van der Waals surface area (Å²) in [4.78, 5) is 11.6. The number of methoxy groups -OCH3 is 1. The lowest BCUT2D eigenvalue weighted by Gasteiger charge is -2.14. The number of aliphatic carboxylic acids is 1. The SMILES string of the molecule is C=CCOc1ccc(OCc2cc(F)ccc2C(C(=O)O)=C(C)OC)cc1. The summed E-state index contributed by atoms with van der Waals surface area (Å²) in [7, 11) is 1.38. The Morgan fingerprint density at radius 2 is 1.78 bits per heavy atom. The van der Waals surface area contributed by atoms with Crippen molar-refractivity contribution in [2.24, 2.45) is 0 Å². The molecular weight excluding hydrogens is 351 g/mol. The van der Waals surface area contributed by atoms with Crippen LogP contribution in [-0.4, -0.2) is 24.8 Å². The van der Waals surface area contributed by atoms with E-state index in [-0.39, 0.29) is 17.9 Å². The van der Waals surface area contributed by atoms with E-state index in [4.69, 9.17) is 14.2 Å². The number of carboxylic acids is 1. The van der Waals surface area contributed by atoms with Crippen LogP contribution in [0.2, 0.25) is 0 Å². The molecule has 0 radical (unpaired) electrons. The number of carboxylic acid groups (broad SMARTS) is 1. The molecule has 0 aliphatic carbocycles. The molecule has 2 aromatic rings. The molecule has 2 rings (SSSR count). The molecule has 2 aromatic carbocycles. The topological polar surface area (TPSA) is 65.0 Å². The first-order valence-corrected chi connectivity index (χ1v) is 8.19. The molecule has 0 bridgehead atoms. The first-order chi connectivity index (χ1) is 13.0. The fourth-order valence-corrected chi connectivity index (χ4v) is 2.43. The van der Waals surface area contributed by atoms with Gasteiger partial charge in [0, 0.05) is 5.56 Å². The highest BCUT2D eigenvalue weighted by molar-refractivity contribution is 6.16. The molecule has 0 fully saturated rings. The van der Waals surface area contributed by atoms with Crippen molar-refractivity contribution < 1.29 is 28.5 Å². The minimum Gasteiger partial charge on any atom is -0.500 e. The molecule has 0 saturated carbocycles. The molecule has 0 spiro atoms. The minimum atomic E-state index is -1.16. The highest BCUT2D eigenvalue weighted by atomic mass is 19.1. The number of ether oxygens (including phenoxy) is 3. The van der Waals surface area contributed by atoms with Crippen LogP contribution in [0.4, 0.5) is 4.39 Å². The van der Waals surface area contributed by atoms with Crippen molar-refractivity contribution in [3.63, 3.8) is 0 Å². The quantitative estimate of drug-likeness (QED) is 0.401. The van der Waals surface area contributed by atoms with E-state index in [0.29, 0.717) is 29.2 Å². The first kappa shape index (κ1) is 20.0. The third-order valence-electron chi connectivity index (χ3n) is 3.79. The minimum absolute atomic E-state index is 0.00622. The van der Waals surface area contributed by atoms with Crippen LogP contribution < -0.4 is 9.47 Å². The number of allylic oxidation sites excluding steroid dienone is 1. The van der Waals surface area contributed by atoms with E-state index in [2.05, 4.69) is 6.58 Å². The van der Waals surface area contributed by atoms with Gasteiger partial charge in [-0.3, -0.25) is 0 Å². The van der Waals surface area contributed by atoms with Gasteiger partial charge in [-0.1, -0.05) is 18.7 Å². The Balaban J connectivity index is 2.24. The molecule has 0 unspecified atom stereocenters. The van der Waals surface area contributed by atoms with Crippen molar-refractivity contribution in [3.05, 3.63) is 77.8 Å². The van der Waals surface area contributed by atoms with Crippen molar-refractivity contribution in [1.29, 1.82) is 0 Å². The average Bonchev–Trinajstić information content (AvgIpc) is 2.66. The molecular formula is C21H21FO5. The summed E-state index contributed by atoms with van der Waals surface area (Å²) in [5, 5.41) is 9.52. The van der Waals surface area contributed by atoms with Crippen molar-refractivity contribution in [3.8, 4) is 11.5 Å². The number of rotatable bonds is 9. The van der Waals surface area contributed by atoms with Crippen LogP contribution in [0, 0.1) is 5.82 Å². The van der Waals surface area contributed by atoms with Gasteiger partial charge in [0.15, 0.2) is 0 Å². The van der Waals surface area contributed by atoms with E-state index in [0.717, 1.165) is 0 Å². The highest BCUT2D eigenvalue weighted by Crippen LogP contribution is 2.26. The first-order valence-electron chi connectivity index (χ1n) is 8.19. The Morgan fingerprint density at radius 3 is 2.33 bits per heavy atom. The molecule has 142 valence electrons. The van der Waals surface area contributed by atoms with Gasteiger partial charge < -0.3 is 19.3 Å². The van der Waals surface area contributed by atoms with Gasteiger partial charge in [-0.05, 0) is 48.9 Å². The Morgan fingerprint density at radius 1 is 1.15 bits per heavy atom. The van der Waals surface area contributed by atoms with Crippen molar-refractivity contribution >= 4 is 11.5 Å². The van der Waals surface area contributed by atoms with Crippen molar-refractivity contribution in [2.75, 3.05) is 13.7 Å². The maximum atomic E-state index is 13.7. The summed E-state index contributed by atoms with van der Waals surface area (Å²) in [5.41, 5.74) is 0.703. The van der Waals surface area contributed by atoms with Gasteiger partial charge in [0.05, 0.1) is 7.11 Å². The van der Waals surface area contributed by atoms with Crippen molar-refractivity contribution in [1.82, 2.24) is 0 Å². The lowest BCUT2D eigenvalue weighted by Crippen LogP contribution is -2.08. The second-order valence-electron chi connectivity index (χ2n) is 5.60. The monoisotopic (exact) mass is 372 g/mol. The van der Waals surface area contributed by atoms with Crippen LogP contribution in [-0.2, 0) is 16.1 Å². The molecule has 5 nitrogen and oxygen atoms in total. The van der Waals surface area contributed by atoms with Gasteiger partial charge in [0.2, 0.25) is 0 Å². The third-order valence-corrected chi connectivity index (χ3v) is 3.79. The molecule has 6 heteroatoms. The van der Waals surface area contributed by atoms with Crippen LogP contribution in [0.1, 0.15) is 18.1 Å². The molecule has 27 heavy (non-hydrogen) atoms. The third kappa shape index (κ3) is 5.34. The molecule has 0 heterocycles. The summed E-state index contributed by atoms with van der Waals surface area (Å²) < 4.78 is 29.9. The number of hydrogen-bond acceptors (Lipinski definition) is 4. The van der Waals surface area contributed by atoms with Gasteiger partial charge in [0.1, 0.15) is 41.9 Å². The zero-order valence-corrected chi connectivity index (χ0v) is 15.2. The predicted octanol–water partition coefficient (Wildman–Crippen LogP) is 4.43. The molecule has 0 saturated heterocycles. The lowest BCUT2D eigenvalue weighted by molar-refractivity contribution is -0.130. The van der Waals surface area contributed by atoms with E-state index >= 15 is 0 Å². The summed E-state index contributed by atoms with van der Waals surface area (Å²) in [6.45, 7) is 5.52.